The summed E-state index contributed by atoms with van der Waals surface area (Å²) >= 11 is 0. The van der Waals surface area contributed by atoms with Crippen molar-refractivity contribution < 1.29 is 23.5 Å². The zero-order chi connectivity index (χ0) is 28.6. The fourth-order valence-electron chi connectivity index (χ4n) is 4.63. The molecule has 1 aliphatic heterocycles. The van der Waals surface area contributed by atoms with Crippen LogP contribution in [0.2, 0.25) is 0 Å². The molecule has 2 aromatic carbocycles. The molecule has 1 saturated heterocycles. The smallest absolute Gasteiger partial charge is 0.257 e. The maximum atomic E-state index is 14.3. The lowest BCUT2D eigenvalue weighted by molar-refractivity contribution is -0.132. The molecule has 10 heteroatoms. The molecule has 1 atom stereocenters. The number of carbonyl (C=O) groups is 2. The summed E-state index contributed by atoms with van der Waals surface area (Å²) in [4.78, 5) is 31.7. The number of rotatable bonds is 10. The lowest BCUT2D eigenvalue weighted by Gasteiger charge is -2.36. The van der Waals surface area contributed by atoms with Crippen LogP contribution in [0.1, 0.15) is 30.6 Å². The van der Waals surface area contributed by atoms with Gasteiger partial charge in [-0.1, -0.05) is 32.4 Å². The van der Waals surface area contributed by atoms with E-state index in [1.807, 2.05) is 38.1 Å². The maximum Gasteiger partial charge on any atom is 0.257 e. The Morgan fingerprint density at radius 2 is 1.75 bits per heavy atom. The van der Waals surface area contributed by atoms with Gasteiger partial charge in [0.25, 0.3) is 5.91 Å². The van der Waals surface area contributed by atoms with Crippen LogP contribution >= 0.6 is 0 Å². The second-order valence-electron chi connectivity index (χ2n) is 9.89. The minimum absolute atomic E-state index is 0.0160. The molecule has 3 aromatic rings. The van der Waals surface area contributed by atoms with Gasteiger partial charge in [0.1, 0.15) is 23.9 Å². The van der Waals surface area contributed by atoms with Crippen LogP contribution in [0.5, 0.6) is 11.5 Å². The number of ether oxygens (including phenoxy) is 2. The number of anilines is 1. The summed E-state index contributed by atoms with van der Waals surface area (Å²) in [6.45, 7) is 6.48. The van der Waals surface area contributed by atoms with Crippen LogP contribution in [-0.2, 0) is 4.79 Å². The van der Waals surface area contributed by atoms with Gasteiger partial charge in [-0.2, -0.15) is 0 Å². The molecule has 0 aliphatic carbocycles. The third kappa shape index (κ3) is 6.67. The van der Waals surface area contributed by atoms with Gasteiger partial charge in [-0.3, -0.25) is 9.59 Å². The number of methoxy groups -OCH3 is 2. The van der Waals surface area contributed by atoms with E-state index < -0.39 is 11.7 Å². The molecule has 1 unspecified atom stereocenters. The first kappa shape index (κ1) is 28.8. The molecule has 212 valence electrons. The van der Waals surface area contributed by atoms with Crippen LogP contribution in [0.3, 0.4) is 0 Å². The molecule has 2 amide bonds. The number of amides is 2. The Hall–Kier alpha value is -4.21. The molecule has 9 nitrogen and oxygen atoms in total. The van der Waals surface area contributed by atoms with Gasteiger partial charge in [-0.15, -0.1) is 10.2 Å². The monoisotopic (exact) mass is 549 g/mol. The van der Waals surface area contributed by atoms with E-state index in [1.54, 1.807) is 37.3 Å². The van der Waals surface area contributed by atoms with E-state index in [0.29, 0.717) is 49.9 Å². The number of aromatic nitrogens is 2. The van der Waals surface area contributed by atoms with E-state index in [1.165, 1.54) is 17.0 Å². The highest BCUT2D eigenvalue weighted by atomic mass is 19.1. The van der Waals surface area contributed by atoms with Crippen molar-refractivity contribution in [3.8, 4) is 22.8 Å². The quantitative estimate of drug-likeness (QED) is 0.376. The van der Waals surface area contributed by atoms with Gasteiger partial charge in [-0.05, 0) is 42.3 Å². The van der Waals surface area contributed by atoms with Crippen molar-refractivity contribution in [1.82, 2.24) is 20.0 Å². The SMILES string of the molecule is CCC(C)CN(CC(=O)N1CCN(c2ccc(-c3ccc(OC)cc3OC)nn2)CC1)C(=O)c1ccccc1F. The van der Waals surface area contributed by atoms with Crippen molar-refractivity contribution in [2.24, 2.45) is 5.92 Å². The van der Waals surface area contributed by atoms with Crippen LogP contribution in [0.4, 0.5) is 10.2 Å². The molecule has 0 saturated carbocycles. The van der Waals surface area contributed by atoms with E-state index in [-0.39, 0.29) is 23.9 Å². The van der Waals surface area contributed by atoms with Gasteiger partial charge in [0.2, 0.25) is 5.91 Å². The van der Waals surface area contributed by atoms with Gasteiger partial charge in [0.15, 0.2) is 5.82 Å². The normalized spacial score (nSPS) is 14.0. The van der Waals surface area contributed by atoms with Gasteiger partial charge >= 0.3 is 0 Å². The minimum Gasteiger partial charge on any atom is -0.497 e. The summed E-state index contributed by atoms with van der Waals surface area (Å²) in [6.07, 6.45) is 0.846. The van der Waals surface area contributed by atoms with Crippen LogP contribution in [-0.4, -0.2) is 85.3 Å². The second kappa shape index (κ2) is 13.2. The molecule has 2 heterocycles. The Labute approximate surface area is 234 Å². The Balaban J connectivity index is 1.38. The summed E-state index contributed by atoms with van der Waals surface area (Å²) in [5.41, 5.74) is 1.47. The zero-order valence-corrected chi connectivity index (χ0v) is 23.5. The molecular formula is C30H36FN5O4. The number of carbonyl (C=O) groups excluding carboxylic acids is 2. The number of nitrogens with zero attached hydrogens (tertiary/aromatic N) is 5. The Morgan fingerprint density at radius 1 is 1.00 bits per heavy atom. The van der Waals surface area contributed by atoms with Crippen molar-refractivity contribution in [2.75, 3.05) is 58.4 Å². The summed E-state index contributed by atoms with van der Waals surface area (Å²) in [7, 11) is 3.20. The van der Waals surface area contributed by atoms with E-state index >= 15 is 0 Å². The first-order chi connectivity index (χ1) is 19.3. The van der Waals surface area contributed by atoms with Crippen molar-refractivity contribution in [2.45, 2.75) is 20.3 Å². The van der Waals surface area contributed by atoms with Gasteiger partial charge in [0.05, 0.1) is 25.5 Å². The second-order valence-corrected chi connectivity index (χ2v) is 9.89. The zero-order valence-electron chi connectivity index (χ0n) is 23.5. The van der Waals surface area contributed by atoms with E-state index in [0.717, 1.165) is 17.8 Å². The molecule has 0 spiro atoms. The number of benzene rings is 2. The molecule has 4 rings (SSSR count). The van der Waals surface area contributed by atoms with E-state index in [4.69, 9.17) is 9.47 Å². The van der Waals surface area contributed by atoms with Gasteiger partial charge < -0.3 is 24.2 Å². The number of halogens is 1. The van der Waals surface area contributed by atoms with Crippen molar-refractivity contribution >= 4 is 17.6 Å². The van der Waals surface area contributed by atoms with E-state index in [9.17, 15) is 14.0 Å². The molecule has 0 N–H and O–H groups in total. The predicted octanol–water partition coefficient (Wildman–Crippen LogP) is 4.14. The molecule has 1 aliphatic rings. The van der Waals surface area contributed by atoms with Gasteiger partial charge in [-0.25, -0.2) is 4.39 Å². The summed E-state index contributed by atoms with van der Waals surface area (Å²) in [5, 5.41) is 8.82. The minimum atomic E-state index is -0.583. The van der Waals surface area contributed by atoms with Crippen LogP contribution in [0.25, 0.3) is 11.3 Å². The van der Waals surface area contributed by atoms with Gasteiger partial charge in [0, 0.05) is 44.4 Å². The lowest BCUT2D eigenvalue weighted by atomic mass is 10.1. The summed E-state index contributed by atoms with van der Waals surface area (Å²) in [5.74, 6) is 1.04. The molecule has 1 fully saturated rings. The Morgan fingerprint density at radius 3 is 2.38 bits per heavy atom. The highest BCUT2D eigenvalue weighted by Crippen LogP contribution is 2.32. The molecule has 40 heavy (non-hydrogen) atoms. The topological polar surface area (TPSA) is 88.1 Å². The van der Waals surface area contributed by atoms with Crippen LogP contribution in [0.15, 0.2) is 54.6 Å². The summed E-state index contributed by atoms with van der Waals surface area (Å²) < 4.78 is 25.1. The number of piperazine rings is 1. The third-order valence-corrected chi connectivity index (χ3v) is 7.24. The van der Waals surface area contributed by atoms with Crippen LogP contribution in [0, 0.1) is 11.7 Å². The first-order valence-corrected chi connectivity index (χ1v) is 13.5. The average molecular weight is 550 g/mol. The fourth-order valence-corrected chi connectivity index (χ4v) is 4.63. The highest BCUT2D eigenvalue weighted by Gasteiger charge is 2.27. The summed E-state index contributed by atoms with van der Waals surface area (Å²) in [6, 6.07) is 15.2. The highest BCUT2D eigenvalue weighted by molar-refractivity contribution is 5.96. The molecule has 0 bridgehead atoms. The average Bonchev–Trinajstić information content (AvgIpc) is 3.00. The number of hydrogen-bond donors (Lipinski definition) is 0. The van der Waals surface area contributed by atoms with Crippen LogP contribution < -0.4 is 14.4 Å². The fraction of sp³-hybridized carbons (Fsp3) is 0.400. The van der Waals surface area contributed by atoms with Crippen molar-refractivity contribution in [3.63, 3.8) is 0 Å². The number of hydrogen-bond acceptors (Lipinski definition) is 7. The first-order valence-electron chi connectivity index (χ1n) is 13.5. The molecule has 1 aromatic heterocycles. The maximum absolute atomic E-state index is 14.3. The third-order valence-electron chi connectivity index (χ3n) is 7.24. The van der Waals surface area contributed by atoms with E-state index in [2.05, 4.69) is 15.1 Å². The Bertz CT molecular complexity index is 1310. The Kier molecular flexibility index (Phi) is 9.52. The largest absolute Gasteiger partial charge is 0.497 e. The van der Waals surface area contributed by atoms with Crippen molar-refractivity contribution in [3.05, 3.63) is 66.0 Å². The molecular weight excluding hydrogens is 513 g/mol. The predicted molar refractivity (Wildman–Crippen MR) is 151 cm³/mol. The standard InChI is InChI=1S/C30H36FN5O4/c1-5-21(2)19-36(30(38)23-8-6-7-9-25(23)31)20-29(37)35-16-14-34(15-17-35)28-13-12-26(32-33-28)24-11-10-22(39-3)18-27(24)40-4/h6-13,18,21H,5,14-17,19-20H2,1-4H3. The lowest BCUT2D eigenvalue weighted by Crippen LogP contribution is -2.52. The van der Waals surface area contributed by atoms with Crippen molar-refractivity contribution in [1.29, 1.82) is 0 Å². The molecule has 0 radical (unpaired) electrons.